The third kappa shape index (κ3) is 25.0. The predicted octanol–water partition coefficient (Wildman–Crippen LogP) is 7.79. The summed E-state index contributed by atoms with van der Waals surface area (Å²) in [4.78, 5) is 37.7. The Hall–Kier alpha value is -2.62. The first-order chi connectivity index (χ1) is 27.2. The highest BCUT2D eigenvalue weighted by Crippen LogP contribution is 2.24. The lowest BCUT2D eigenvalue weighted by Gasteiger charge is -2.28. The molecule has 0 saturated carbocycles. The molecule has 59 heavy (non-hydrogen) atoms. The summed E-state index contributed by atoms with van der Waals surface area (Å²) in [5.41, 5.74) is -2.83. The van der Waals surface area contributed by atoms with Crippen LogP contribution in [0.1, 0.15) is 170 Å². The van der Waals surface area contributed by atoms with E-state index < -0.39 is 39.8 Å². The molecule has 1 heterocycles. The average Bonchev–Trinajstić information content (AvgIpc) is 3.09. The van der Waals surface area contributed by atoms with Gasteiger partial charge in [-0.15, -0.1) is 0 Å². The second kappa shape index (κ2) is 25.3. The largest absolute Gasteiger partial charge is 0.390 e. The van der Waals surface area contributed by atoms with E-state index in [0.717, 1.165) is 12.8 Å². The van der Waals surface area contributed by atoms with E-state index in [1.54, 1.807) is 21.0 Å². The maximum atomic E-state index is 14.0. The summed E-state index contributed by atoms with van der Waals surface area (Å²) in [6.07, 6.45) is 4.91. The van der Waals surface area contributed by atoms with Crippen molar-refractivity contribution in [2.24, 2.45) is 11.8 Å². The molecule has 1 unspecified atom stereocenters. The Morgan fingerprint density at radius 3 is 1.37 bits per heavy atom. The van der Waals surface area contributed by atoms with Crippen LogP contribution in [0.4, 0.5) is 11.6 Å². The number of hydrogen-bond donors (Lipinski definition) is 5. The molecule has 2 amide bonds. The van der Waals surface area contributed by atoms with Crippen LogP contribution in [0.5, 0.6) is 0 Å². The van der Waals surface area contributed by atoms with E-state index in [9.17, 15) is 14.7 Å². The maximum absolute atomic E-state index is 14.0. The van der Waals surface area contributed by atoms with Gasteiger partial charge in [-0.05, 0) is 133 Å². The second-order valence-corrected chi connectivity index (χ2v) is 19.9. The molecule has 344 valence electrons. The molecule has 14 heteroatoms. The fraction of sp³-hybridized carbons (Fsp3) is 0.867. The van der Waals surface area contributed by atoms with Crippen LogP contribution in [0.2, 0.25) is 0 Å². The molecule has 1 aromatic rings. The molecule has 0 aromatic carbocycles. The maximum Gasteiger partial charge on any atom is 0.273 e. The average molecular weight is 839 g/mol. The molecule has 5 N–H and O–H groups in total. The van der Waals surface area contributed by atoms with Gasteiger partial charge in [-0.3, -0.25) is 9.59 Å². The number of methoxy groups -OCH3 is 1. The number of carbonyl (C=O) groups is 2. The summed E-state index contributed by atoms with van der Waals surface area (Å²) in [6.45, 7) is 33.6. The van der Waals surface area contributed by atoms with Crippen LogP contribution >= 0.6 is 0 Å². The zero-order valence-corrected chi connectivity index (χ0v) is 40.0. The lowest BCUT2D eigenvalue weighted by Crippen LogP contribution is -2.41. The topological polar surface area (TPSA) is 174 Å². The number of aliphatic hydroxyl groups is 1. The number of anilines is 2. The standard InChI is InChI=1S/C45H86N6O8/c1-32(2)17-27-56-42(8,9)20-24-47-38-36(40(53)49-31-45(14,15)58-29-19-34(5)55-16)51-37(46-25-21-44(12,13)59-30-23-41(6,7)54)35(50-38)39(52)48-26-22-43(10,11)57-28-18-33(3)4/h32-34,54H,17-31H2,1-16H3,(H,46,51)(H,47,50)(H,48,52)(H,49,53). The van der Waals surface area contributed by atoms with Crippen molar-refractivity contribution in [3.63, 3.8) is 0 Å². The molecule has 14 nitrogen and oxygen atoms in total. The van der Waals surface area contributed by atoms with Crippen LogP contribution in [0.15, 0.2) is 0 Å². The Balaban J connectivity index is 3.49. The normalized spacial score (nSPS) is 13.5. The Labute approximate surface area is 358 Å². The van der Waals surface area contributed by atoms with Crippen LogP contribution in [-0.4, -0.2) is 121 Å². The number of nitrogens with zero attached hydrogens (tertiary/aromatic N) is 2. The van der Waals surface area contributed by atoms with Gasteiger partial charge in [-0.25, -0.2) is 9.97 Å². The highest BCUT2D eigenvalue weighted by atomic mass is 16.5. The third-order valence-corrected chi connectivity index (χ3v) is 10.1. The molecular formula is C45H86N6O8. The Morgan fingerprint density at radius 2 is 0.949 bits per heavy atom. The van der Waals surface area contributed by atoms with Crippen molar-refractivity contribution in [2.45, 2.75) is 183 Å². The molecule has 0 fully saturated rings. The number of carbonyl (C=O) groups excluding carboxylic acids is 2. The Kier molecular flexibility index (Phi) is 23.4. The number of amides is 2. The van der Waals surface area contributed by atoms with E-state index >= 15 is 0 Å². The number of rotatable bonds is 32. The summed E-state index contributed by atoms with van der Waals surface area (Å²) in [6, 6.07) is 0. The van der Waals surface area contributed by atoms with Crippen molar-refractivity contribution >= 4 is 23.5 Å². The molecule has 0 aliphatic carbocycles. The van der Waals surface area contributed by atoms with Crippen LogP contribution in [0.25, 0.3) is 0 Å². The van der Waals surface area contributed by atoms with Gasteiger partial charge in [0.1, 0.15) is 0 Å². The van der Waals surface area contributed by atoms with E-state index in [1.807, 2.05) is 62.3 Å². The number of aromatic nitrogens is 2. The molecule has 1 atom stereocenters. The first-order valence-corrected chi connectivity index (χ1v) is 21.9. The van der Waals surface area contributed by atoms with Crippen molar-refractivity contribution < 1.29 is 38.4 Å². The predicted molar refractivity (Wildman–Crippen MR) is 239 cm³/mol. The van der Waals surface area contributed by atoms with Crippen LogP contribution in [-0.2, 0) is 23.7 Å². The molecule has 1 rings (SSSR count). The molecule has 0 radical (unpaired) electrons. The zero-order chi connectivity index (χ0) is 45.1. The molecule has 1 aromatic heterocycles. The Bertz CT molecular complexity index is 1380. The summed E-state index contributed by atoms with van der Waals surface area (Å²) in [5.74, 6) is 0.551. The highest BCUT2D eigenvalue weighted by molar-refractivity contribution is 6.01. The molecule has 0 spiro atoms. The fourth-order valence-electron chi connectivity index (χ4n) is 5.51. The van der Waals surface area contributed by atoms with Gasteiger partial charge in [0.2, 0.25) is 0 Å². The summed E-state index contributed by atoms with van der Waals surface area (Å²) < 4.78 is 29.9. The summed E-state index contributed by atoms with van der Waals surface area (Å²) in [7, 11) is 1.67. The third-order valence-electron chi connectivity index (χ3n) is 10.1. The van der Waals surface area contributed by atoms with E-state index in [0.29, 0.717) is 90.0 Å². The van der Waals surface area contributed by atoms with E-state index in [-0.39, 0.29) is 35.7 Å². The van der Waals surface area contributed by atoms with Gasteiger partial charge in [0.15, 0.2) is 23.0 Å². The van der Waals surface area contributed by atoms with E-state index in [4.69, 9.17) is 33.7 Å². The second-order valence-electron chi connectivity index (χ2n) is 19.9. The minimum atomic E-state index is -0.838. The first kappa shape index (κ1) is 54.4. The van der Waals surface area contributed by atoms with Gasteiger partial charge >= 0.3 is 0 Å². The van der Waals surface area contributed by atoms with Crippen molar-refractivity contribution in [3.05, 3.63) is 11.4 Å². The van der Waals surface area contributed by atoms with Crippen LogP contribution in [0, 0.1) is 11.8 Å². The molecule has 0 aliphatic rings. The van der Waals surface area contributed by atoms with Gasteiger partial charge in [-0.1, -0.05) is 27.7 Å². The summed E-state index contributed by atoms with van der Waals surface area (Å²) >= 11 is 0. The van der Waals surface area contributed by atoms with Gasteiger partial charge in [0.25, 0.3) is 11.8 Å². The minimum absolute atomic E-state index is 0.0479. The Morgan fingerprint density at radius 1 is 0.559 bits per heavy atom. The zero-order valence-electron chi connectivity index (χ0n) is 40.0. The van der Waals surface area contributed by atoms with Crippen molar-refractivity contribution in [2.75, 3.05) is 70.3 Å². The molecular weight excluding hydrogens is 753 g/mol. The van der Waals surface area contributed by atoms with Gasteiger partial charge < -0.3 is 50.1 Å². The number of ether oxygens (including phenoxy) is 5. The fourth-order valence-corrected chi connectivity index (χ4v) is 5.51. The SMILES string of the molecule is COC(C)CCOC(C)(C)CNC(=O)c1nc(NCCC(C)(C)OCCC(C)(C)O)c(C(=O)NCCC(C)(C)OCCC(C)C)nc1NCCC(C)(C)OCCC(C)C. The molecule has 0 aliphatic heterocycles. The number of hydrogen-bond acceptors (Lipinski definition) is 12. The van der Waals surface area contributed by atoms with Crippen molar-refractivity contribution in [1.82, 2.24) is 20.6 Å². The van der Waals surface area contributed by atoms with Gasteiger partial charge in [0.05, 0.1) is 40.7 Å². The van der Waals surface area contributed by atoms with Crippen molar-refractivity contribution in [1.29, 1.82) is 0 Å². The lowest BCUT2D eigenvalue weighted by molar-refractivity contribution is -0.0481. The van der Waals surface area contributed by atoms with Crippen LogP contribution in [0.3, 0.4) is 0 Å². The van der Waals surface area contributed by atoms with Crippen molar-refractivity contribution in [3.8, 4) is 0 Å². The monoisotopic (exact) mass is 839 g/mol. The van der Waals surface area contributed by atoms with Gasteiger partial charge in [-0.2, -0.15) is 0 Å². The molecule has 0 saturated heterocycles. The van der Waals surface area contributed by atoms with Crippen LogP contribution < -0.4 is 21.3 Å². The van der Waals surface area contributed by atoms with E-state index in [2.05, 4.69) is 49.0 Å². The quantitative estimate of drug-likeness (QED) is 0.0477. The van der Waals surface area contributed by atoms with E-state index in [1.165, 1.54) is 0 Å². The number of nitrogens with one attached hydrogen (secondary N) is 4. The lowest BCUT2D eigenvalue weighted by atomic mass is 10.0. The molecule has 0 bridgehead atoms. The first-order valence-electron chi connectivity index (χ1n) is 21.9. The summed E-state index contributed by atoms with van der Waals surface area (Å²) in [5, 5.41) is 22.8. The minimum Gasteiger partial charge on any atom is -0.390 e. The van der Waals surface area contributed by atoms with Gasteiger partial charge in [0, 0.05) is 53.1 Å². The smallest absolute Gasteiger partial charge is 0.273 e. The highest BCUT2D eigenvalue weighted by Gasteiger charge is 2.28.